The molecule has 0 aliphatic rings. The summed E-state index contributed by atoms with van der Waals surface area (Å²) in [4.78, 5) is 4.11. The monoisotopic (exact) mass is 266 g/mol. The molecule has 0 saturated carbocycles. The van der Waals surface area contributed by atoms with Gasteiger partial charge in [-0.15, -0.1) is 0 Å². The van der Waals surface area contributed by atoms with Gasteiger partial charge in [-0.2, -0.15) is 5.10 Å². The van der Waals surface area contributed by atoms with Crippen LogP contribution in [0.25, 0.3) is 5.69 Å². The lowest BCUT2D eigenvalue weighted by atomic mass is 10.2. The molecule has 2 heterocycles. The van der Waals surface area contributed by atoms with Crippen LogP contribution in [-0.2, 0) is 6.54 Å². The molecule has 0 amide bonds. The lowest BCUT2D eigenvalue weighted by molar-refractivity contribution is 0.784. The molecule has 2 aromatic rings. The highest BCUT2D eigenvalue weighted by Gasteiger charge is 2.04. The quantitative estimate of drug-likeness (QED) is 0.921. The number of nitrogens with zero attached hydrogens (tertiary/aromatic N) is 3. The summed E-state index contributed by atoms with van der Waals surface area (Å²) in [7, 11) is 1.92. The van der Waals surface area contributed by atoms with E-state index >= 15 is 0 Å². The van der Waals surface area contributed by atoms with Crippen LogP contribution in [0, 0.1) is 0 Å². The molecule has 0 aliphatic carbocycles. The third-order valence-corrected chi connectivity index (χ3v) is 2.46. The maximum Gasteiger partial charge on any atom is 0.0874 e. The van der Waals surface area contributed by atoms with Gasteiger partial charge in [0, 0.05) is 18.9 Å². The molecule has 0 aliphatic heterocycles. The summed E-state index contributed by atoms with van der Waals surface area (Å²) >= 11 is 3.37. The fraction of sp³-hybridized carbons (Fsp3) is 0.200. The second-order valence-corrected chi connectivity index (χ2v) is 4.05. The first-order valence-electron chi connectivity index (χ1n) is 4.59. The molecule has 4 nitrogen and oxygen atoms in total. The molecule has 0 radical (unpaired) electrons. The molecule has 15 heavy (non-hydrogen) atoms. The summed E-state index contributed by atoms with van der Waals surface area (Å²) in [5.74, 6) is 0. The molecule has 0 bridgehead atoms. The van der Waals surface area contributed by atoms with E-state index < -0.39 is 0 Å². The molecule has 2 rings (SSSR count). The van der Waals surface area contributed by atoms with Crippen LogP contribution in [0.4, 0.5) is 0 Å². The molecule has 5 heteroatoms. The molecule has 0 aromatic carbocycles. The van der Waals surface area contributed by atoms with Gasteiger partial charge in [0.05, 0.1) is 22.6 Å². The molecule has 0 spiro atoms. The van der Waals surface area contributed by atoms with Crippen LogP contribution in [0.3, 0.4) is 0 Å². The summed E-state index contributed by atoms with van der Waals surface area (Å²) < 4.78 is 2.77. The van der Waals surface area contributed by atoms with E-state index in [2.05, 4.69) is 31.3 Å². The van der Waals surface area contributed by atoms with Gasteiger partial charge in [-0.3, -0.25) is 4.98 Å². The Bertz CT molecular complexity index is 452. The zero-order valence-corrected chi connectivity index (χ0v) is 9.90. The molecule has 78 valence electrons. The Morgan fingerprint density at radius 3 is 3.00 bits per heavy atom. The topological polar surface area (TPSA) is 42.7 Å². The Hall–Kier alpha value is -1.20. The van der Waals surface area contributed by atoms with Crippen molar-refractivity contribution in [1.82, 2.24) is 20.1 Å². The first kappa shape index (κ1) is 10.3. The fourth-order valence-electron chi connectivity index (χ4n) is 1.39. The number of halogens is 1. The Kier molecular flexibility index (Phi) is 3.13. The SMILES string of the molecule is CNCc1ccncc1-n1cc(Br)cn1. The predicted octanol–water partition coefficient (Wildman–Crippen LogP) is 1.75. The summed E-state index contributed by atoms with van der Waals surface area (Å²) in [5, 5.41) is 7.35. The highest BCUT2D eigenvalue weighted by molar-refractivity contribution is 9.10. The van der Waals surface area contributed by atoms with Crippen LogP contribution < -0.4 is 5.32 Å². The smallest absolute Gasteiger partial charge is 0.0874 e. The van der Waals surface area contributed by atoms with E-state index in [1.54, 1.807) is 12.4 Å². The van der Waals surface area contributed by atoms with Gasteiger partial charge >= 0.3 is 0 Å². The summed E-state index contributed by atoms with van der Waals surface area (Å²) in [6.45, 7) is 0.801. The maximum atomic E-state index is 4.23. The van der Waals surface area contributed by atoms with Crippen molar-refractivity contribution in [3.05, 3.63) is 40.9 Å². The number of rotatable bonds is 3. The highest BCUT2D eigenvalue weighted by atomic mass is 79.9. The van der Waals surface area contributed by atoms with Crippen LogP contribution in [0.15, 0.2) is 35.3 Å². The molecule has 0 saturated heterocycles. The predicted molar refractivity (Wildman–Crippen MR) is 61.8 cm³/mol. The van der Waals surface area contributed by atoms with Crippen LogP contribution in [0.5, 0.6) is 0 Å². The van der Waals surface area contributed by atoms with Crippen molar-refractivity contribution in [2.24, 2.45) is 0 Å². The minimum absolute atomic E-state index is 0.801. The molecular formula is C10H11BrN4. The zero-order chi connectivity index (χ0) is 10.7. The van der Waals surface area contributed by atoms with Gasteiger partial charge in [0.15, 0.2) is 0 Å². The van der Waals surface area contributed by atoms with Gasteiger partial charge in [0.1, 0.15) is 0 Å². The van der Waals surface area contributed by atoms with Crippen molar-refractivity contribution in [2.45, 2.75) is 6.54 Å². The average Bonchev–Trinajstić information content (AvgIpc) is 2.66. The normalized spacial score (nSPS) is 10.5. The van der Waals surface area contributed by atoms with Crippen LogP contribution >= 0.6 is 15.9 Å². The van der Waals surface area contributed by atoms with E-state index in [1.807, 2.05) is 30.2 Å². The Balaban J connectivity index is 2.42. The van der Waals surface area contributed by atoms with Crippen molar-refractivity contribution in [2.75, 3.05) is 7.05 Å². The number of aromatic nitrogens is 3. The fourth-order valence-corrected chi connectivity index (χ4v) is 1.68. The molecule has 2 aromatic heterocycles. The lowest BCUT2D eigenvalue weighted by Crippen LogP contribution is -2.09. The second-order valence-electron chi connectivity index (χ2n) is 3.14. The Labute approximate surface area is 96.5 Å². The van der Waals surface area contributed by atoms with Gasteiger partial charge in [0.2, 0.25) is 0 Å². The minimum Gasteiger partial charge on any atom is -0.316 e. The number of hydrogen-bond donors (Lipinski definition) is 1. The van der Waals surface area contributed by atoms with E-state index in [1.165, 1.54) is 5.56 Å². The standard InChI is InChI=1S/C10H11BrN4/c1-12-4-8-2-3-13-6-10(8)15-7-9(11)5-14-15/h2-3,5-7,12H,4H2,1H3. The van der Waals surface area contributed by atoms with Gasteiger partial charge < -0.3 is 5.32 Å². The van der Waals surface area contributed by atoms with Crippen molar-refractivity contribution >= 4 is 15.9 Å². The minimum atomic E-state index is 0.801. The first-order chi connectivity index (χ1) is 7.31. The van der Waals surface area contributed by atoms with Crippen molar-refractivity contribution in [3.8, 4) is 5.69 Å². The van der Waals surface area contributed by atoms with Crippen LogP contribution in [0.1, 0.15) is 5.56 Å². The second kappa shape index (κ2) is 4.55. The van der Waals surface area contributed by atoms with Gasteiger partial charge in [-0.25, -0.2) is 4.68 Å². The van der Waals surface area contributed by atoms with Crippen molar-refractivity contribution in [1.29, 1.82) is 0 Å². The van der Waals surface area contributed by atoms with Gasteiger partial charge in [-0.1, -0.05) is 0 Å². The van der Waals surface area contributed by atoms with Gasteiger partial charge in [0.25, 0.3) is 0 Å². The third kappa shape index (κ3) is 2.24. The Morgan fingerprint density at radius 1 is 1.47 bits per heavy atom. The summed E-state index contributed by atoms with van der Waals surface area (Å²) in [5.41, 5.74) is 2.17. The number of pyridine rings is 1. The van der Waals surface area contributed by atoms with E-state index in [4.69, 9.17) is 0 Å². The largest absolute Gasteiger partial charge is 0.316 e. The Morgan fingerprint density at radius 2 is 2.33 bits per heavy atom. The number of nitrogens with one attached hydrogen (secondary N) is 1. The molecular weight excluding hydrogens is 256 g/mol. The van der Waals surface area contributed by atoms with Crippen LogP contribution in [-0.4, -0.2) is 21.8 Å². The summed E-state index contributed by atoms with van der Waals surface area (Å²) in [6, 6.07) is 1.99. The van der Waals surface area contributed by atoms with Crippen LogP contribution in [0.2, 0.25) is 0 Å². The number of hydrogen-bond acceptors (Lipinski definition) is 3. The van der Waals surface area contributed by atoms with E-state index in [-0.39, 0.29) is 0 Å². The maximum absolute atomic E-state index is 4.23. The van der Waals surface area contributed by atoms with E-state index in [0.717, 1.165) is 16.7 Å². The van der Waals surface area contributed by atoms with Gasteiger partial charge in [-0.05, 0) is 34.6 Å². The summed E-state index contributed by atoms with van der Waals surface area (Å²) in [6.07, 6.45) is 7.27. The van der Waals surface area contributed by atoms with Crippen molar-refractivity contribution in [3.63, 3.8) is 0 Å². The van der Waals surface area contributed by atoms with E-state index in [9.17, 15) is 0 Å². The first-order valence-corrected chi connectivity index (χ1v) is 5.38. The zero-order valence-electron chi connectivity index (χ0n) is 8.31. The molecule has 0 fully saturated rings. The molecule has 0 unspecified atom stereocenters. The highest BCUT2D eigenvalue weighted by Crippen LogP contribution is 2.15. The lowest BCUT2D eigenvalue weighted by Gasteiger charge is -2.07. The van der Waals surface area contributed by atoms with E-state index in [0.29, 0.717) is 0 Å². The average molecular weight is 267 g/mol. The third-order valence-electron chi connectivity index (χ3n) is 2.05. The van der Waals surface area contributed by atoms with Crippen molar-refractivity contribution < 1.29 is 0 Å². The molecule has 0 atom stereocenters. The molecule has 1 N–H and O–H groups in total.